The Morgan fingerprint density at radius 3 is 3.17 bits per heavy atom. The van der Waals surface area contributed by atoms with Gasteiger partial charge in [-0.15, -0.1) is 0 Å². The van der Waals surface area contributed by atoms with E-state index in [0.29, 0.717) is 10.7 Å². The van der Waals surface area contributed by atoms with E-state index in [0.717, 1.165) is 29.4 Å². The van der Waals surface area contributed by atoms with Gasteiger partial charge < -0.3 is 15.6 Å². The number of amides is 2. The van der Waals surface area contributed by atoms with Crippen LogP contribution in [0.1, 0.15) is 23.7 Å². The monoisotopic (exact) mass is 326 g/mol. The molecular formula is C17H15ClN4O. The third-order valence-corrected chi connectivity index (χ3v) is 4.45. The Hall–Kier alpha value is -2.53. The van der Waals surface area contributed by atoms with Gasteiger partial charge in [-0.05, 0) is 42.7 Å². The van der Waals surface area contributed by atoms with Crippen LogP contribution in [-0.4, -0.2) is 16.0 Å². The molecule has 3 N–H and O–H groups in total. The van der Waals surface area contributed by atoms with E-state index in [1.165, 1.54) is 5.56 Å². The quantitative estimate of drug-likeness (QED) is 0.665. The maximum atomic E-state index is 12.3. The molecule has 2 amide bonds. The van der Waals surface area contributed by atoms with E-state index < -0.39 is 0 Å². The number of fused-ring (bicyclic) bond motifs is 2. The number of anilines is 1. The van der Waals surface area contributed by atoms with Gasteiger partial charge in [0.15, 0.2) is 0 Å². The van der Waals surface area contributed by atoms with Crippen LogP contribution in [0.4, 0.5) is 10.5 Å². The zero-order chi connectivity index (χ0) is 15.8. The molecule has 116 valence electrons. The fourth-order valence-electron chi connectivity index (χ4n) is 3.07. The molecular weight excluding hydrogens is 312 g/mol. The fraction of sp³-hybridized carbons (Fsp3) is 0.176. The Labute approximate surface area is 138 Å². The van der Waals surface area contributed by atoms with Gasteiger partial charge in [0, 0.05) is 29.0 Å². The first-order valence-electron chi connectivity index (χ1n) is 7.48. The summed E-state index contributed by atoms with van der Waals surface area (Å²) in [5, 5.41) is 7.36. The summed E-state index contributed by atoms with van der Waals surface area (Å²) in [6.45, 7) is 0. The minimum Gasteiger partial charge on any atom is -0.361 e. The average Bonchev–Trinajstić information content (AvgIpc) is 3.15. The number of aryl methyl sites for hydroxylation is 1. The molecule has 23 heavy (non-hydrogen) atoms. The van der Waals surface area contributed by atoms with Crippen molar-refractivity contribution < 1.29 is 4.79 Å². The van der Waals surface area contributed by atoms with Gasteiger partial charge in [-0.25, -0.2) is 4.79 Å². The largest absolute Gasteiger partial charge is 0.361 e. The van der Waals surface area contributed by atoms with E-state index >= 15 is 0 Å². The van der Waals surface area contributed by atoms with Crippen LogP contribution in [0.3, 0.4) is 0 Å². The van der Waals surface area contributed by atoms with Gasteiger partial charge in [0.1, 0.15) is 0 Å². The molecule has 0 aliphatic heterocycles. The van der Waals surface area contributed by atoms with Crippen LogP contribution in [0.5, 0.6) is 0 Å². The van der Waals surface area contributed by atoms with E-state index in [1.807, 2.05) is 24.4 Å². The normalized spacial score (nSPS) is 16.3. The number of carbonyl (C=O) groups is 1. The minimum atomic E-state index is -0.254. The summed E-state index contributed by atoms with van der Waals surface area (Å²) in [5.74, 6) is 0. The number of aromatic amines is 1. The standard InChI is InChI=1S/C17H15ClN4O/c18-13-8-11(9-15-12(13)5-7-19-15)21-17(23)22-14-4-3-10-2-1-6-20-16(10)14/h1-2,5-9,14,19H,3-4H2,(H2,21,22,23). The lowest BCUT2D eigenvalue weighted by Crippen LogP contribution is -2.31. The van der Waals surface area contributed by atoms with Crippen molar-refractivity contribution in [1.29, 1.82) is 0 Å². The van der Waals surface area contributed by atoms with Crippen molar-refractivity contribution in [3.05, 3.63) is 59.0 Å². The Kier molecular flexibility index (Phi) is 3.42. The number of halogens is 1. The molecule has 6 heteroatoms. The Bertz CT molecular complexity index is 889. The predicted molar refractivity (Wildman–Crippen MR) is 90.8 cm³/mol. The number of pyridine rings is 1. The number of aromatic nitrogens is 2. The first-order chi connectivity index (χ1) is 11.2. The molecule has 0 saturated carbocycles. The number of urea groups is 1. The highest BCUT2D eigenvalue weighted by atomic mass is 35.5. The van der Waals surface area contributed by atoms with Gasteiger partial charge in [0.2, 0.25) is 0 Å². The number of nitrogens with one attached hydrogen (secondary N) is 3. The van der Waals surface area contributed by atoms with Crippen molar-refractivity contribution >= 4 is 34.2 Å². The van der Waals surface area contributed by atoms with Crippen molar-refractivity contribution in [2.24, 2.45) is 0 Å². The molecule has 0 spiro atoms. The Balaban J connectivity index is 1.50. The number of hydrogen-bond donors (Lipinski definition) is 3. The molecule has 3 aromatic rings. The minimum absolute atomic E-state index is 0.0455. The van der Waals surface area contributed by atoms with Crippen LogP contribution in [-0.2, 0) is 6.42 Å². The maximum absolute atomic E-state index is 12.3. The molecule has 0 radical (unpaired) electrons. The third kappa shape index (κ3) is 2.64. The summed E-state index contributed by atoms with van der Waals surface area (Å²) < 4.78 is 0. The highest BCUT2D eigenvalue weighted by Gasteiger charge is 2.24. The SMILES string of the molecule is O=C(Nc1cc(Cl)c2cc[nH]c2c1)NC1CCc2cccnc21. The zero-order valence-corrected chi connectivity index (χ0v) is 13.0. The van der Waals surface area contributed by atoms with Gasteiger partial charge in [0.05, 0.1) is 16.8 Å². The van der Waals surface area contributed by atoms with Gasteiger partial charge in [-0.3, -0.25) is 4.98 Å². The molecule has 1 atom stereocenters. The average molecular weight is 327 g/mol. The van der Waals surface area contributed by atoms with Gasteiger partial charge >= 0.3 is 6.03 Å². The smallest absolute Gasteiger partial charge is 0.319 e. The number of H-pyrrole nitrogens is 1. The molecule has 2 heterocycles. The van der Waals surface area contributed by atoms with Crippen LogP contribution in [0.15, 0.2) is 42.7 Å². The highest BCUT2D eigenvalue weighted by molar-refractivity contribution is 6.35. The summed E-state index contributed by atoms with van der Waals surface area (Å²) in [7, 11) is 0. The zero-order valence-electron chi connectivity index (χ0n) is 12.3. The molecule has 1 aliphatic carbocycles. The second-order valence-electron chi connectivity index (χ2n) is 5.63. The van der Waals surface area contributed by atoms with Crippen LogP contribution in [0.2, 0.25) is 5.02 Å². The lowest BCUT2D eigenvalue weighted by atomic mass is 10.2. The number of carbonyl (C=O) groups excluding carboxylic acids is 1. The van der Waals surface area contributed by atoms with E-state index in [9.17, 15) is 4.79 Å². The summed E-state index contributed by atoms with van der Waals surface area (Å²) in [4.78, 5) is 19.7. The van der Waals surface area contributed by atoms with Crippen molar-refractivity contribution in [3.63, 3.8) is 0 Å². The van der Waals surface area contributed by atoms with Crippen molar-refractivity contribution in [2.75, 3.05) is 5.32 Å². The Morgan fingerprint density at radius 1 is 1.35 bits per heavy atom. The second-order valence-corrected chi connectivity index (χ2v) is 6.04. The predicted octanol–water partition coefficient (Wildman–Crippen LogP) is 4.03. The van der Waals surface area contributed by atoms with E-state index in [-0.39, 0.29) is 12.1 Å². The van der Waals surface area contributed by atoms with Gasteiger partial charge in [0.25, 0.3) is 0 Å². The van der Waals surface area contributed by atoms with Crippen LogP contribution in [0.25, 0.3) is 10.9 Å². The van der Waals surface area contributed by atoms with Gasteiger partial charge in [-0.1, -0.05) is 17.7 Å². The summed E-state index contributed by atoms with van der Waals surface area (Å²) in [6, 6.07) is 9.20. The first kappa shape index (κ1) is 14.1. The van der Waals surface area contributed by atoms with Crippen LogP contribution in [0, 0.1) is 0 Å². The van der Waals surface area contributed by atoms with Crippen LogP contribution < -0.4 is 10.6 Å². The number of rotatable bonds is 2. The number of hydrogen-bond acceptors (Lipinski definition) is 2. The van der Waals surface area contributed by atoms with Crippen molar-refractivity contribution in [2.45, 2.75) is 18.9 Å². The topological polar surface area (TPSA) is 69.8 Å². The molecule has 1 aromatic carbocycles. The highest BCUT2D eigenvalue weighted by Crippen LogP contribution is 2.29. The van der Waals surface area contributed by atoms with E-state index in [4.69, 9.17) is 11.6 Å². The molecule has 1 aliphatic rings. The lowest BCUT2D eigenvalue weighted by Gasteiger charge is -2.14. The molecule has 0 fully saturated rings. The molecule has 2 aromatic heterocycles. The second kappa shape index (κ2) is 5.59. The summed E-state index contributed by atoms with van der Waals surface area (Å²) in [6.07, 6.45) is 5.39. The lowest BCUT2D eigenvalue weighted by molar-refractivity contribution is 0.248. The molecule has 1 unspecified atom stereocenters. The third-order valence-electron chi connectivity index (χ3n) is 4.14. The van der Waals surface area contributed by atoms with Crippen LogP contribution >= 0.6 is 11.6 Å². The maximum Gasteiger partial charge on any atom is 0.319 e. The number of benzene rings is 1. The van der Waals surface area contributed by atoms with Crippen molar-refractivity contribution in [3.8, 4) is 0 Å². The first-order valence-corrected chi connectivity index (χ1v) is 7.86. The number of nitrogens with zero attached hydrogens (tertiary/aromatic N) is 1. The summed E-state index contributed by atoms with van der Waals surface area (Å²) >= 11 is 6.22. The molecule has 5 nitrogen and oxygen atoms in total. The molecule has 0 saturated heterocycles. The molecule has 4 rings (SSSR count). The summed E-state index contributed by atoms with van der Waals surface area (Å²) in [5.41, 5.74) is 3.71. The van der Waals surface area contributed by atoms with E-state index in [2.05, 4.69) is 26.7 Å². The molecule has 0 bridgehead atoms. The van der Waals surface area contributed by atoms with E-state index in [1.54, 1.807) is 12.3 Å². The van der Waals surface area contributed by atoms with Gasteiger partial charge in [-0.2, -0.15) is 0 Å². The fourth-order valence-corrected chi connectivity index (χ4v) is 3.35. The Morgan fingerprint density at radius 2 is 2.26 bits per heavy atom. The van der Waals surface area contributed by atoms with Crippen molar-refractivity contribution in [1.82, 2.24) is 15.3 Å².